The average molecular weight is 323 g/mol. The lowest BCUT2D eigenvalue weighted by molar-refractivity contribution is 0.00957. The highest BCUT2D eigenvalue weighted by Crippen LogP contribution is 2.40. The fourth-order valence-electron chi connectivity index (χ4n) is 3.60. The summed E-state index contributed by atoms with van der Waals surface area (Å²) in [6.07, 6.45) is 1.78. The number of hydrogen-bond acceptors (Lipinski definition) is 5. The van der Waals surface area contributed by atoms with Crippen molar-refractivity contribution in [3.8, 4) is 0 Å². The molecule has 0 fully saturated rings. The Morgan fingerprint density at radius 2 is 1.96 bits per heavy atom. The van der Waals surface area contributed by atoms with Crippen LogP contribution in [-0.4, -0.2) is 31.1 Å². The number of hydrogen-bond donors (Lipinski definition) is 0. The van der Waals surface area contributed by atoms with Gasteiger partial charge in [-0.3, -0.25) is 0 Å². The van der Waals surface area contributed by atoms with E-state index in [4.69, 9.17) is 4.74 Å². The van der Waals surface area contributed by atoms with E-state index in [1.807, 2.05) is 19.9 Å². The Bertz CT molecular complexity index is 816. The number of carbonyl (C=O) groups is 1. The van der Waals surface area contributed by atoms with Crippen molar-refractivity contribution >= 4 is 17.5 Å². The zero-order valence-corrected chi connectivity index (χ0v) is 14.2. The molecule has 2 aliphatic heterocycles. The van der Waals surface area contributed by atoms with Crippen LogP contribution in [0.1, 0.15) is 35.3 Å². The molecule has 0 N–H and O–H groups in total. The highest BCUT2D eigenvalue weighted by molar-refractivity contribution is 5.99. The van der Waals surface area contributed by atoms with Crippen LogP contribution in [0.2, 0.25) is 0 Å². The first-order chi connectivity index (χ1) is 11.5. The normalized spacial score (nSPS) is 18.7. The van der Waals surface area contributed by atoms with Crippen LogP contribution in [0.25, 0.3) is 0 Å². The number of anilines is 2. The number of fused-ring (bicyclic) bond motifs is 2. The Morgan fingerprint density at radius 3 is 2.79 bits per heavy atom. The van der Waals surface area contributed by atoms with Crippen LogP contribution >= 0.6 is 0 Å². The molecule has 2 aromatic rings. The van der Waals surface area contributed by atoms with Gasteiger partial charge < -0.3 is 14.5 Å². The van der Waals surface area contributed by atoms with Gasteiger partial charge in [-0.15, -0.1) is 0 Å². The monoisotopic (exact) mass is 323 g/mol. The highest BCUT2D eigenvalue weighted by Gasteiger charge is 2.41. The third-order valence-electron chi connectivity index (χ3n) is 4.90. The molecule has 5 heteroatoms. The van der Waals surface area contributed by atoms with Gasteiger partial charge in [-0.2, -0.15) is 0 Å². The number of carbonyl (C=O) groups excluding carboxylic acids is 1. The van der Waals surface area contributed by atoms with Crippen molar-refractivity contribution < 1.29 is 9.53 Å². The molecule has 4 rings (SSSR count). The number of esters is 1. The van der Waals surface area contributed by atoms with Gasteiger partial charge in [0.25, 0.3) is 0 Å². The van der Waals surface area contributed by atoms with Gasteiger partial charge >= 0.3 is 5.97 Å². The lowest BCUT2D eigenvalue weighted by Gasteiger charge is -2.24. The van der Waals surface area contributed by atoms with Crippen LogP contribution in [-0.2, 0) is 16.9 Å². The molecule has 0 bridgehead atoms. The van der Waals surface area contributed by atoms with Crippen LogP contribution < -0.4 is 9.80 Å². The zero-order valence-electron chi connectivity index (χ0n) is 14.2. The summed E-state index contributed by atoms with van der Waals surface area (Å²) in [4.78, 5) is 21.4. The summed E-state index contributed by atoms with van der Waals surface area (Å²) < 4.78 is 5.56. The smallest absolute Gasteiger partial charge is 0.343 e. The molecule has 24 heavy (non-hydrogen) atoms. The van der Waals surface area contributed by atoms with Crippen LogP contribution in [0.4, 0.5) is 11.5 Å². The quantitative estimate of drug-likeness (QED) is 0.755. The van der Waals surface area contributed by atoms with Crippen LogP contribution in [0, 0.1) is 0 Å². The van der Waals surface area contributed by atoms with E-state index in [9.17, 15) is 4.79 Å². The molecule has 2 aliphatic rings. The molecule has 1 aromatic carbocycles. The Labute approximate surface area is 141 Å². The molecule has 0 saturated carbocycles. The Hall–Kier alpha value is -2.56. The SMILES string of the molecule is CN1CCN(c2nccc3c2C(=O)OC3(C)C)Cc2ccccc21. The second-order valence-corrected chi connectivity index (χ2v) is 6.93. The third-order valence-corrected chi connectivity index (χ3v) is 4.90. The van der Waals surface area contributed by atoms with Crippen molar-refractivity contribution in [2.24, 2.45) is 0 Å². The second kappa shape index (κ2) is 5.23. The fraction of sp³-hybridized carbons (Fsp3) is 0.368. The van der Waals surface area contributed by atoms with Gasteiger partial charge in [0, 0.05) is 44.1 Å². The minimum atomic E-state index is -0.593. The zero-order chi connectivity index (χ0) is 16.9. The molecule has 3 heterocycles. The summed E-state index contributed by atoms with van der Waals surface area (Å²) >= 11 is 0. The van der Waals surface area contributed by atoms with E-state index in [0.717, 1.165) is 31.0 Å². The Morgan fingerprint density at radius 1 is 1.17 bits per heavy atom. The van der Waals surface area contributed by atoms with E-state index in [2.05, 4.69) is 46.1 Å². The first-order valence-corrected chi connectivity index (χ1v) is 8.24. The molecule has 0 spiro atoms. The van der Waals surface area contributed by atoms with Crippen molar-refractivity contribution in [1.82, 2.24) is 4.98 Å². The van der Waals surface area contributed by atoms with Crippen LogP contribution in [0.3, 0.4) is 0 Å². The van der Waals surface area contributed by atoms with E-state index >= 15 is 0 Å². The van der Waals surface area contributed by atoms with Crippen molar-refractivity contribution in [2.45, 2.75) is 26.0 Å². The molecule has 0 unspecified atom stereocenters. The molecule has 0 atom stereocenters. The predicted molar refractivity (Wildman–Crippen MR) is 93.4 cm³/mol. The number of ether oxygens (including phenoxy) is 1. The third kappa shape index (κ3) is 2.23. The summed E-state index contributed by atoms with van der Waals surface area (Å²) in [6, 6.07) is 10.3. The van der Waals surface area contributed by atoms with Gasteiger partial charge in [0.1, 0.15) is 17.0 Å². The van der Waals surface area contributed by atoms with Crippen LogP contribution in [0.5, 0.6) is 0 Å². The second-order valence-electron chi connectivity index (χ2n) is 6.93. The number of pyridine rings is 1. The number of benzene rings is 1. The van der Waals surface area contributed by atoms with Crippen molar-refractivity contribution in [2.75, 3.05) is 29.9 Å². The highest BCUT2D eigenvalue weighted by atomic mass is 16.6. The standard InChI is InChI=1S/C19H21N3O2/c1-19(2)14-8-9-20-17(16(14)18(23)24-19)22-11-10-21(3)15-7-5-4-6-13(15)12-22/h4-9H,10-12H2,1-3H3. The van der Waals surface area contributed by atoms with E-state index < -0.39 is 5.60 Å². The van der Waals surface area contributed by atoms with Gasteiger partial charge in [-0.05, 0) is 31.5 Å². The van der Waals surface area contributed by atoms with Crippen molar-refractivity contribution in [3.05, 3.63) is 53.2 Å². The molecule has 0 aliphatic carbocycles. The number of cyclic esters (lactones) is 1. The number of nitrogens with zero attached hydrogens (tertiary/aromatic N) is 3. The molecule has 0 radical (unpaired) electrons. The van der Waals surface area contributed by atoms with Gasteiger partial charge in [-0.25, -0.2) is 9.78 Å². The molecular weight excluding hydrogens is 302 g/mol. The van der Waals surface area contributed by atoms with E-state index in [1.165, 1.54) is 11.3 Å². The molecule has 0 amide bonds. The lowest BCUT2D eigenvalue weighted by Crippen LogP contribution is -2.30. The largest absolute Gasteiger partial charge is 0.451 e. The van der Waals surface area contributed by atoms with Crippen LogP contribution in [0.15, 0.2) is 36.5 Å². The molecule has 124 valence electrons. The minimum Gasteiger partial charge on any atom is -0.451 e. The first kappa shape index (κ1) is 15.0. The maximum atomic E-state index is 12.4. The van der Waals surface area contributed by atoms with Crippen molar-refractivity contribution in [1.29, 1.82) is 0 Å². The summed E-state index contributed by atoms with van der Waals surface area (Å²) in [7, 11) is 2.10. The van der Waals surface area contributed by atoms with Gasteiger partial charge in [-0.1, -0.05) is 18.2 Å². The summed E-state index contributed by atoms with van der Waals surface area (Å²) in [5.41, 5.74) is 3.41. The maximum absolute atomic E-state index is 12.4. The Kier molecular flexibility index (Phi) is 3.27. The molecule has 1 aromatic heterocycles. The number of para-hydroxylation sites is 1. The average Bonchev–Trinajstić information content (AvgIpc) is 2.70. The predicted octanol–water partition coefficient (Wildman–Crippen LogP) is 2.94. The molecule has 5 nitrogen and oxygen atoms in total. The number of rotatable bonds is 1. The number of aromatic nitrogens is 1. The molecular formula is C19H21N3O2. The van der Waals surface area contributed by atoms with E-state index in [0.29, 0.717) is 5.56 Å². The Balaban J connectivity index is 1.79. The lowest BCUT2D eigenvalue weighted by atomic mass is 9.97. The summed E-state index contributed by atoms with van der Waals surface area (Å²) in [5, 5.41) is 0. The van der Waals surface area contributed by atoms with E-state index in [1.54, 1.807) is 6.20 Å². The maximum Gasteiger partial charge on any atom is 0.343 e. The number of likely N-dealkylation sites (N-methyl/N-ethyl adjacent to an activating group) is 1. The van der Waals surface area contributed by atoms with Gasteiger partial charge in [0.05, 0.1) is 0 Å². The topological polar surface area (TPSA) is 45.7 Å². The van der Waals surface area contributed by atoms with E-state index in [-0.39, 0.29) is 5.97 Å². The summed E-state index contributed by atoms with van der Waals surface area (Å²) in [5.74, 6) is 0.456. The van der Waals surface area contributed by atoms with Gasteiger partial charge in [0.15, 0.2) is 0 Å². The molecule has 0 saturated heterocycles. The van der Waals surface area contributed by atoms with Crippen molar-refractivity contribution in [3.63, 3.8) is 0 Å². The van der Waals surface area contributed by atoms with Gasteiger partial charge in [0.2, 0.25) is 0 Å². The first-order valence-electron chi connectivity index (χ1n) is 8.24. The minimum absolute atomic E-state index is 0.274. The summed E-state index contributed by atoms with van der Waals surface area (Å²) in [6.45, 7) is 6.26. The fourth-order valence-corrected chi connectivity index (χ4v) is 3.60.